The van der Waals surface area contributed by atoms with E-state index in [1.807, 2.05) is 4.81 Å². The van der Waals surface area contributed by atoms with Crippen molar-refractivity contribution in [2.45, 2.75) is 26.7 Å². The van der Waals surface area contributed by atoms with E-state index < -0.39 is 0 Å². The summed E-state index contributed by atoms with van der Waals surface area (Å²) in [5.74, 6) is 0. The smallest absolute Gasteiger partial charge is 0.182 e. The Kier molecular flexibility index (Phi) is 3.85. The van der Waals surface area contributed by atoms with Crippen LogP contribution < -0.4 is 5.32 Å². The first kappa shape index (κ1) is 10.6. The zero-order chi connectivity index (χ0) is 9.73. The van der Waals surface area contributed by atoms with Crippen LogP contribution in [0.5, 0.6) is 0 Å². The first-order chi connectivity index (χ1) is 6.16. The average molecular weight is 178 g/mol. The molecule has 0 aromatic heterocycles. The lowest BCUT2D eigenvalue weighted by Crippen LogP contribution is -2.36. The standard InChI is InChI=1S/C10H19BN2/c1-3-12-7-4-10(2)5-8-13(11)9-6-10/h4,7,12H,3,5-6,8-9H2,1-2H3/b7-4-. The van der Waals surface area contributed by atoms with Gasteiger partial charge in [-0.3, -0.25) is 0 Å². The number of piperidine rings is 1. The number of hydrogen-bond acceptors (Lipinski definition) is 2. The third-order valence-electron chi connectivity index (χ3n) is 2.75. The molecule has 13 heavy (non-hydrogen) atoms. The summed E-state index contributed by atoms with van der Waals surface area (Å²) < 4.78 is 0. The van der Waals surface area contributed by atoms with Crippen LogP contribution in [0.3, 0.4) is 0 Å². The van der Waals surface area contributed by atoms with E-state index in [-0.39, 0.29) is 0 Å². The average Bonchev–Trinajstić information content (AvgIpc) is 2.12. The van der Waals surface area contributed by atoms with Gasteiger partial charge in [0.15, 0.2) is 7.98 Å². The van der Waals surface area contributed by atoms with Crippen LogP contribution in [0, 0.1) is 5.41 Å². The second-order valence-corrected chi connectivity index (χ2v) is 4.08. The molecular weight excluding hydrogens is 159 g/mol. The van der Waals surface area contributed by atoms with Gasteiger partial charge in [0.1, 0.15) is 0 Å². The molecular formula is C10H19BN2. The highest BCUT2D eigenvalue weighted by Gasteiger charge is 2.25. The number of hydrogen-bond donors (Lipinski definition) is 1. The number of allylic oxidation sites excluding steroid dienone is 1. The predicted molar refractivity (Wildman–Crippen MR) is 57.5 cm³/mol. The fourth-order valence-electron chi connectivity index (χ4n) is 1.58. The summed E-state index contributed by atoms with van der Waals surface area (Å²) in [7, 11) is 5.70. The van der Waals surface area contributed by atoms with Crippen molar-refractivity contribution in [2.75, 3.05) is 19.6 Å². The molecule has 3 heteroatoms. The lowest BCUT2D eigenvalue weighted by atomic mass is 9.79. The summed E-state index contributed by atoms with van der Waals surface area (Å²) >= 11 is 0. The second-order valence-electron chi connectivity index (χ2n) is 4.08. The summed E-state index contributed by atoms with van der Waals surface area (Å²) in [4.78, 5) is 1.91. The van der Waals surface area contributed by atoms with Crippen LogP contribution in [0.2, 0.25) is 0 Å². The van der Waals surface area contributed by atoms with Crippen LogP contribution in [0.25, 0.3) is 0 Å². The minimum Gasteiger partial charge on any atom is -0.391 e. The first-order valence-corrected chi connectivity index (χ1v) is 5.07. The summed E-state index contributed by atoms with van der Waals surface area (Å²) in [6.45, 7) is 7.42. The molecule has 0 aromatic rings. The van der Waals surface area contributed by atoms with Gasteiger partial charge in [0, 0.05) is 6.54 Å². The molecule has 1 aliphatic heterocycles. The van der Waals surface area contributed by atoms with Gasteiger partial charge >= 0.3 is 0 Å². The van der Waals surface area contributed by atoms with E-state index in [1.165, 1.54) is 0 Å². The highest BCUT2D eigenvalue weighted by Crippen LogP contribution is 2.31. The molecule has 1 aliphatic rings. The summed E-state index contributed by atoms with van der Waals surface area (Å²) in [6, 6.07) is 0. The van der Waals surface area contributed by atoms with Gasteiger partial charge in [-0.2, -0.15) is 0 Å². The summed E-state index contributed by atoms with van der Waals surface area (Å²) in [5, 5.41) is 3.21. The minimum absolute atomic E-state index is 0.345. The third kappa shape index (κ3) is 3.43. The topological polar surface area (TPSA) is 15.3 Å². The van der Waals surface area contributed by atoms with Crippen molar-refractivity contribution in [2.24, 2.45) is 5.41 Å². The molecule has 0 bridgehead atoms. The molecule has 1 rings (SSSR count). The zero-order valence-corrected chi connectivity index (χ0v) is 8.71. The summed E-state index contributed by atoms with van der Waals surface area (Å²) in [6.07, 6.45) is 6.67. The van der Waals surface area contributed by atoms with Gasteiger partial charge in [-0.25, -0.2) is 0 Å². The fraction of sp³-hybridized carbons (Fsp3) is 0.800. The lowest BCUT2D eigenvalue weighted by Gasteiger charge is -2.36. The van der Waals surface area contributed by atoms with Gasteiger partial charge in [0.2, 0.25) is 0 Å². The molecule has 0 unspecified atom stereocenters. The molecule has 2 radical (unpaired) electrons. The fourth-order valence-corrected chi connectivity index (χ4v) is 1.58. The molecule has 0 aromatic carbocycles. The molecule has 2 nitrogen and oxygen atoms in total. The van der Waals surface area contributed by atoms with E-state index in [0.717, 1.165) is 32.5 Å². The Hall–Kier alpha value is -0.435. The van der Waals surface area contributed by atoms with Crippen molar-refractivity contribution in [1.29, 1.82) is 0 Å². The Labute approximate surface area is 82.8 Å². The second kappa shape index (κ2) is 4.70. The molecule has 1 saturated heterocycles. The van der Waals surface area contributed by atoms with E-state index in [9.17, 15) is 0 Å². The van der Waals surface area contributed by atoms with Crippen molar-refractivity contribution in [3.8, 4) is 0 Å². The largest absolute Gasteiger partial charge is 0.391 e. The molecule has 0 atom stereocenters. The van der Waals surface area contributed by atoms with E-state index in [2.05, 4.69) is 31.4 Å². The number of rotatable bonds is 3. The van der Waals surface area contributed by atoms with Crippen LogP contribution >= 0.6 is 0 Å². The Morgan fingerprint density at radius 3 is 2.62 bits per heavy atom. The molecule has 0 saturated carbocycles. The van der Waals surface area contributed by atoms with Gasteiger partial charge in [-0.05, 0) is 44.5 Å². The zero-order valence-electron chi connectivity index (χ0n) is 8.71. The van der Waals surface area contributed by atoms with Crippen LogP contribution in [-0.4, -0.2) is 32.4 Å². The van der Waals surface area contributed by atoms with E-state index in [0.29, 0.717) is 5.41 Å². The van der Waals surface area contributed by atoms with Crippen molar-refractivity contribution in [1.82, 2.24) is 10.1 Å². The maximum Gasteiger partial charge on any atom is 0.182 e. The van der Waals surface area contributed by atoms with Crippen molar-refractivity contribution >= 4 is 7.98 Å². The van der Waals surface area contributed by atoms with Crippen LogP contribution in [0.1, 0.15) is 26.7 Å². The highest BCUT2D eigenvalue weighted by atomic mass is 15.0. The Bertz CT molecular complexity index is 172. The molecule has 1 heterocycles. The Balaban J connectivity index is 2.38. The van der Waals surface area contributed by atoms with Gasteiger partial charge in [0.05, 0.1) is 0 Å². The maximum atomic E-state index is 5.70. The Morgan fingerprint density at radius 2 is 2.08 bits per heavy atom. The SMILES string of the molecule is [B]N1CCC(C)(/C=C\NCC)CC1. The molecule has 72 valence electrons. The van der Waals surface area contributed by atoms with Gasteiger partial charge in [-0.15, -0.1) is 0 Å². The van der Waals surface area contributed by atoms with Crippen LogP contribution in [-0.2, 0) is 0 Å². The van der Waals surface area contributed by atoms with Crippen molar-refractivity contribution < 1.29 is 0 Å². The number of nitrogens with zero attached hydrogens (tertiary/aromatic N) is 1. The molecule has 0 aliphatic carbocycles. The van der Waals surface area contributed by atoms with Crippen molar-refractivity contribution in [3.63, 3.8) is 0 Å². The predicted octanol–water partition coefficient (Wildman–Crippen LogP) is 1.30. The molecule has 0 amide bonds. The first-order valence-electron chi connectivity index (χ1n) is 5.07. The van der Waals surface area contributed by atoms with E-state index in [1.54, 1.807) is 0 Å². The summed E-state index contributed by atoms with van der Waals surface area (Å²) in [5.41, 5.74) is 0.345. The number of nitrogens with one attached hydrogen (secondary N) is 1. The van der Waals surface area contributed by atoms with Crippen LogP contribution in [0.4, 0.5) is 0 Å². The van der Waals surface area contributed by atoms with Crippen LogP contribution in [0.15, 0.2) is 12.3 Å². The molecule has 1 N–H and O–H groups in total. The highest BCUT2D eigenvalue weighted by molar-refractivity contribution is 6.04. The Morgan fingerprint density at radius 1 is 1.46 bits per heavy atom. The van der Waals surface area contributed by atoms with Crippen molar-refractivity contribution in [3.05, 3.63) is 12.3 Å². The normalized spacial score (nSPS) is 23.5. The monoisotopic (exact) mass is 178 g/mol. The van der Waals surface area contributed by atoms with E-state index in [4.69, 9.17) is 7.98 Å². The lowest BCUT2D eigenvalue weighted by molar-refractivity contribution is 0.229. The maximum absolute atomic E-state index is 5.70. The van der Waals surface area contributed by atoms with E-state index >= 15 is 0 Å². The molecule has 1 fully saturated rings. The van der Waals surface area contributed by atoms with Gasteiger partial charge in [0.25, 0.3) is 0 Å². The third-order valence-corrected chi connectivity index (χ3v) is 2.75. The quantitative estimate of drug-likeness (QED) is 0.655. The molecule has 0 spiro atoms. The van der Waals surface area contributed by atoms with Gasteiger partial charge in [-0.1, -0.05) is 13.0 Å². The van der Waals surface area contributed by atoms with Gasteiger partial charge < -0.3 is 10.1 Å². The minimum atomic E-state index is 0.345.